The highest BCUT2D eigenvalue weighted by atomic mass is 19.4. The Kier molecular flexibility index (Phi) is 6.37. The second-order valence-electron chi connectivity index (χ2n) is 11.2. The summed E-state index contributed by atoms with van der Waals surface area (Å²) in [4.78, 5) is 27.7. The van der Waals surface area contributed by atoms with Gasteiger partial charge in [0.25, 0.3) is 0 Å². The van der Waals surface area contributed by atoms with Crippen LogP contribution in [0.5, 0.6) is 0 Å². The Morgan fingerprint density at radius 1 is 0.946 bits per heavy atom. The minimum Gasteiger partial charge on any atom is -0.361 e. The Hall–Kier alpha value is -3.22. The fraction of sp³-hybridized carbons (Fsp3) is 0.400. The van der Waals surface area contributed by atoms with Crippen LogP contribution in [0.3, 0.4) is 0 Å². The predicted molar refractivity (Wildman–Crippen MR) is 132 cm³/mol. The molecule has 1 atom stereocenters. The van der Waals surface area contributed by atoms with E-state index in [9.17, 15) is 27.2 Å². The lowest BCUT2D eigenvalue weighted by Crippen LogP contribution is -2.40. The average molecular weight is 512 g/mol. The van der Waals surface area contributed by atoms with E-state index in [-0.39, 0.29) is 22.7 Å². The van der Waals surface area contributed by atoms with E-state index >= 15 is 0 Å². The largest absolute Gasteiger partial charge is 0.416 e. The summed E-state index contributed by atoms with van der Waals surface area (Å²) in [6, 6.07) is 10.0. The van der Waals surface area contributed by atoms with Crippen LogP contribution in [-0.2, 0) is 11.0 Å². The van der Waals surface area contributed by atoms with E-state index in [1.165, 1.54) is 24.3 Å². The molecule has 37 heavy (non-hydrogen) atoms. The number of halogens is 4. The SMILES string of the molecule is CC1(C)CC(=O)C2=C(C1)NC(C1CCCC1)=C(C(=O)c1ccc(C(F)(F)F)cc1)C2c1ccc(F)cc1. The molecule has 7 heteroatoms. The first kappa shape index (κ1) is 25.4. The minimum absolute atomic E-state index is 0.0729. The molecule has 2 aromatic carbocycles. The lowest BCUT2D eigenvalue weighted by atomic mass is 9.67. The van der Waals surface area contributed by atoms with E-state index in [0.29, 0.717) is 29.6 Å². The lowest BCUT2D eigenvalue weighted by Gasteiger charge is -2.41. The molecule has 1 aliphatic heterocycles. The second kappa shape index (κ2) is 9.26. The minimum atomic E-state index is -4.51. The zero-order chi connectivity index (χ0) is 26.5. The van der Waals surface area contributed by atoms with Gasteiger partial charge in [0.1, 0.15) is 5.82 Å². The standard InChI is InChI=1S/C30H29F4NO2/c1-29(2)15-22-25(23(36)16-29)24(17-9-13-21(31)14-10-17)26(27(35-22)18-5-3-4-6-18)28(37)19-7-11-20(12-8-19)30(32,33)34/h7-14,18,24,35H,3-6,15-16H2,1-2H3. The van der Waals surface area contributed by atoms with Gasteiger partial charge in [-0.3, -0.25) is 9.59 Å². The third-order valence-electron chi connectivity index (χ3n) is 7.76. The molecule has 5 rings (SSSR count). The molecule has 1 heterocycles. The molecule has 3 nitrogen and oxygen atoms in total. The van der Waals surface area contributed by atoms with Gasteiger partial charge >= 0.3 is 6.18 Å². The molecule has 0 spiro atoms. The number of Topliss-reactive ketones (excluding diaryl/α,β-unsaturated/α-hetero) is 2. The number of dihydropyridines is 1. The number of hydrogen-bond acceptors (Lipinski definition) is 3. The van der Waals surface area contributed by atoms with Crippen LogP contribution in [-0.4, -0.2) is 11.6 Å². The van der Waals surface area contributed by atoms with Gasteiger partial charge in [-0.25, -0.2) is 4.39 Å². The maximum absolute atomic E-state index is 14.1. The molecule has 0 aromatic heterocycles. The van der Waals surface area contributed by atoms with Gasteiger partial charge < -0.3 is 5.32 Å². The van der Waals surface area contributed by atoms with E-state index in [0.717, 1.165) is 49.2 Å². The summed E-state index contributed by atoms with van der Waals surface area (Å²) in [6.45, 7) is 4.07. The van der Waals surface area contributed by atoms with Crippen LogP contribution in [0.2, 0.25) is 0 Å². The summed E-state index contributed by atoms with van der Waals surface area (Å²) in [6.07, 6.45) is 0.199. The quantitative estimate of drug-likeness (QED) is 0.342. The Balaban J connectivity index is 1.69. The monoisotopic (exact) mass is 511 g/mol. The van der Waals surface area contributed by atoms with Crippen molar-refractivity contribution in [1.82, 2.24) is 5.32 Å². The van der Waals surface area contributed by atoms with Crippen molar-refractivity contribution in [3.8, 4) is 0 Å². The van der Waals surface area contributed by atoms with Gasteiger partial charge in [0.2, 0.25) is 0 Å². The van der Waals surface area contributed by atoms with Crippen molar-refractivity contribution in [2.24, 2.45) is 11.3 Å². The van der Waals surface area contributed by atoms with E-state index in [1.54, 1.807) is 12.1 Å². The number of allylic oxidation sites excluding steroid dienone is 4. The molecule has 1 fully saturated rings. The highest BCUT2D eigenvalue weighted by molar-refractivity contribution is 6.13. The van der Waals surface area contributed by atoms with Crippen LogP contribution >= 0.6 is 0 Å². The molecule has 194 valence electrons. The zero-order valence-corrected chi connectivity index (χ0v) is 20.8. The third kappa shape index (κ3) is 4.88. The molecule has 2 aliphatic carbocycles. The molecule has 1 saturated carbocycles. The van der Waals surface area contributed by atoms with Crippen LogP contribution in [0.1, 0.15) is 79.8 Å². The number of hydrogen-bond donors (Lipinski definition) is 1. The number of benzene rings is 2. The number of alkyl halides is 3. The van der Waals surface area contributed by atoms with Gasteiger partial charge in [-0.15, -0.1) is 0 Å². The maximum atomic E-state index is 14.1. The van der Waals surface area contributed by atoms with E-state index in [4.69, 9.17) is 0 Å². The lowest BCUT2D eigenvalue weighted by molar-refractivity contribution is -0.137. The Bertz CT molecular complexity index is 1290. The predicted octanol–water partition coefficient (Wildman–Crippen LogP) is 7.50. The van der Waals surface area contributed by atoms with Gasteiger partial charge in [-0.2, -0.15) is 13.2 Å². The van der Waals surface area contributed by atoms with Crippen LogP contribution in [0, 0.1) is 17.2 Å². The summed E-state index contributed by atoms with van der Waals surface area (Å²) in [5, 5.41) is 3.49. The summed E-state index contributed by atoms with van der Waals surface area (Å²) >= 11 is 0. The summed E-state index contributed by atoms with van der Waals surface area (Å²) < 4.78 is 53.4. The van der Waals surface area contributed by atoms with E-state index in [1.807, 2.05) is 13.8 Å². The van der Waals surface area contributed by atoms with Crippen LogP contribution < -0.4 is 5.32 Å². The molecule has 0 bridgehead atoms. The molecule has 0 amide bonds. The molecule has 2 aromatic rings. The molecule has 1 unspecified atom stereocenters. The topological polar surface area (TPSA) is 46.2 Å². The molecule has 3 aliphatic rings. The van der Waals surface area contributed by atoms with Crippen molar-refractivity contribution < 1.29 is 27.2 Å². The Morgan fingerprint density at radius 3 is 2.16 bits per heavy atom. The van der Waals surface area contributed by atoms with Crippen LogP contribution in [0.4, 0.5) is 17.6 Å². The number of carbonyl (C=O) groups is 2. The average Bonchev–Trinajstić information content (AvgIpc) is 3.37. The Morgan fingerprint density at radius 2 is 1.57 bits per heavy atom. The van der Waals surface area contributed by atoms with E-state index < -0.39 is 29.3 Å². The highest BCUT2D eigenvalue weighted by Gasteiger charge is 2.45. The second-order valence-corrected chi connectivity index (χ2v) is 11.2. The maximum Gasteiger partial charge on any atom is 0.416 e. The summed E-state index contributed by atoms with van der Waals surface area (Å²) in [7, 11) is 0. The third-order valence-corrected chi connectivity index (χ3v) is 7.76. The normalized spacial score (nSPS) is 22.2. The fourth-order valence-corrected chi connectivity index (χ4v) is 6.06. The first-order chi connectivity index (χ1) is 17.4. The van der Waals surface area contributed by atoms with Gasteiger partial charge in [-0.05, 0) is 60.4 Å². The first-order valence-corrected chi connectivity index (χ1v) is 12.7. The van der Waals surface area contributed by atoms with Crippen molar-refractivity contribution in [3.63, 3.8) is 0 Å². The van der Waals surface area contributed by atoms with Crippen LogP contribution in [0.15, 0.2) is 71.1 Å². The highest BCUT2D eigenvalue weighted by Crippen LogP contribution is 2.49. The first-order valence-electron chi connectivity index (χ1n) is 12.7. The molecule has 0 saturated heterocycles. The van der Waals surface area contributed by atoms with Crippen molar-refractivity contribution >= 4 is 11.6 Å². The smallest absolute Gasteiger partial charge is 0.361 e. The van der Waals surface area contributed by atoms with Crippen molar-refractivity contribution in [1.29, 1.82) is 0 Å². The zero-order valence-electron chi connectivity index (χ0n) is 20.8. The van der Waals surface area contributed by atoms with Gasteiger partial charge in [0, 0.05) is 40.4 Å². The van der Waals surface area contributed by atoms with Crippen molar-refractivity contribution in [3.05, 3.63) is 93.6 Å². The number of nitrogens with one attached hydrogen (secondary N) is 1. The number of rotatable bonds is 4. The molecular weight excluding hydrogens is 482 g/mol. The summed E-state index contributed by atoms with van der Waals surface area (Å²) in [5.41, 5.74) is 2.08. The van der Waals surface area contributed by atoms with Crippen molar-refractivity contribution in [2.45, 2.75) is 64.5 Å². The summed E-state index contributed by atoms with van der Waals surface area (Å²) in [5.74, 6) is -1.56. The van der Waals surface area contributed by atoms with Gasteiger partial charge in [0.05, 0.1) is 5.56 Å². The van der Waals surface area contributed by atoms with Crippen molar-refractivity contribution in [2.75, 3.05) is 0 Å². The van der Waals surface area contributed by atoms with Gasteiger partial charge in [0.15, 0.2) is 11.6 Å². The fourth-order valence-electron chi connectivity index (χ4n) is 6.06. The molecule has 0 radical (unpaired) electrons. The molecule has 1 N–H and O–H groups in total. The van der Waals surface area contributed by atoms with E-state index in [2.05, 4.69) is 5.32 Å². The number of ketones is 2. The Labute approximate surface area is 213 Å². The number of carbonyl (C=O) groups excluding carboxylic acids is 2. The van der Waals surface area contributed by atoms with Crippen LogP contribution in [0.25, 0.3) is 0 Å². The van der Waals surface area contributed by atoms with Gasteiger partial charge in [-0.1, -0.05) is 51.0 Å². The molecular formula is C30H29F4NO2.